The van der Waals surface area contributed by atoms with Crippen LogP contribution in [0.5, 0.6) is 0 Å². The number of halogens is 2. The Kier molecular flexibility index (Phi) is 3.43. The Labute approximate surface area is 122 Å². The number of benzene rings is 1. The van der Waals surface area contributed by atoms with Crippen molar-refractivity contribution in [1.29, 1.82) is 5.26 Å². The molecule has 3 rings (SSSR count). The molecule has 2 aromatic rings. The monoisotopic (exact) mass is 308 g/mol. The molecule has 2 heterocycles. The maximum Gasteiger partial charge on any atom is 0.325 e. The summed E-state index contributed by atoms with van der Waals surface area (Å²) < 4.78 is 30.6. The standard InChI is InChI=1S/C13H10F2N4OS/c14-9-6-11(10(15)5-8(9)7-16)17-12-18-3-1-2-4-19(18)13(20)21-12/h5-6H,1-4H2/b17-12-. The number of hydrogen-bond donors (Lipinski definition) is 0. The van der Waals surface area contributed by atoms with Gasteiger partial charge in [0, 0.05) is 19.2 Å². The van der Waals surface area contributed by atoms with Crippen molar-refractivity contribution in [3.8, 4) is 6.07 Å². The Morgan fingerprint density at radius 2 is 1.90 bits per heavy atom. The Bertz CT molecular complexity index is 872. The molecule has 1 aromatic carbocycles. The molecule has 5 nitrogen and oxygen atoms in total. The summed E-state index contributed by atoms with van der Waals surface area (Å²) in [5, 5.41) is 8.65. The van der Waals surface area contributed by atoms with Gasteiger partial charge in [0.2, 0.25) is 4.80 Å². The van der Waals surface area contributed by atoms with Gasteiger partial charge in [0.05, 0.1) is 5.56 Å². The van der Waals surface area contributed by atoms with Crippen LogP contribution in [0.25, 0.3) is 0 Å². The molecule has 0 saturated heterocycles. The zero-order chi connectivity index (χ0) is 15.0. The fourth-order valence-corrected chi connectivity index (χ4v) is 3.12. The van der Waals surface area contributed by atoms with Crippen molar-refractivity contribution >= 4 is 17.0 Å². The van der Waals surface area contributed by atoms with Crippen LogP contribution in [-0.2, 0) is 13.1 Å². The molecule has 1 aliphatic rings. The SMILES string of the molecule is N#Cc1cc(F)c(/N=c2\sc(=O)n3n2CCCC3)cc1F. The quantitative estimate of drug-likeness (QED) is 0.807. The van der Waals surface area contributed by atoms with Crippen LogP contribution in [0.1, 0.15) is 18.4 Å². The lowest BCUT2D eigenvalue weighted by Crippen LogP contribution is -2.31. The second-order valence-corrected chi connectivity index (χ2v) is 5.53. The van der Waals surface area contributed by atoms with E-state index < -0.39 is 11.6 Å². The number of nitriles is 1. The molecule has 0 atom stereocenters. The maximum absolute atomic E-state index is 13.8. The molecule has 0 saturated carbocycles. The number of rotatable bonds is 1. The van der Waals surface area contributed by atoms with Crippen molar-refractivity contribution in [2.75, 3.05) is 0 Å². The van der Waals surface area contributed by atoms with E-state index in [0.29, 0.717) is 17.9 Å². The van der Waals surface area contributed by atoms with Crippen LogP contribution in [0.15, 0.2) is 21.9 Å². The molecule has 0 aliphatic carbocycles. The molecule has 0 unspecified atom stereocenters. The van der Waals surface area contributed by atoms with Crippen LogP contribution >= 0.6 is 11.3 Å². The Morgan fingerprint density at radius 3 is 2.62 bits per heavy atom. The number of aromatic nitrogens is 2. The van der Waals surface area contributed by atoms with Crippen molar-refractivity contribution in [3.05, 3.63) is 43.8 Å². The minimum atomic E-state index is -0.830. The third kappa shape index (κ3) is 2.40. The van der Waals surface area contributed by atoms with Crippen molar-refractivity contribution < 1.29 is 8.78 Å². The normalized spacial score (nSPS) is 14.8. The van der Waals surface area contributed by atoms with Gasteiger partial charge in [-0.1, -0.05) is 0 Å². The summed E-state index contributed by atoms with van der Waals surface area (Å²) in [6.07, 6.45) is 1.82. The molecule has 21 heavy (non-hydrogen) atoms. The number of nitrogens with zero attached hydrogens (tertiary/aromatic N) is 4. The highest BCUT2D eigenvalue weighted by Crippen LogP contribution is 2.21. The first-order valence-electron chi connectivity index (χ1n) is 6.35. The summed E-state index contributed by atoms with van der Waals surface area (Å²) in [4.78, 5) is 16.0. The van der Waals surface area contributed by atoms with Crippen LogP contribution in [0.4, 0.5) is 14.5 Å². The minimum absolute atomic E-state index is 0.164. The number of fused-ring (bicyclic) bond motifs is 1. The lowest BCUT2D eigenvalue weighted by atomic mass is 10.2. The van der Waals surface area contributed by atoms with E-state index >= 15 is 0 Å². The predicted molar refractivity (Wildman–Crippen MR) is 72.1 cm³/mol. The van der Waals surface area contributed by atoms with Gasteiger partial charge in [-0.25, -0.2) is 18.5 Å². The second kappa shape index (κ2) is 5.26. The topological polar surface area (TPSA) is 63.1 Å². The molecule has 108 valence electrons. The predicted octanol–water partition coefficient (Wildman–Crippen LogP) is 1.89. The minimum Gasteiger partial charge on any atom is -0.256 e. The van der Waals surface area contributed by atoms with E-state index in [-0.39, 0.29) is 16.1 Å². The van der Waals surface area contributed by atoms with Crippen molar-refractivity contribution in [3.63, 3.8) is 0 Å². The van der Waals surface area contributed by atoms with E-state index in [1.165, 1.54) is 0 Å². The molecular weight excluding hydrogens is 298 g/mol. The third-order valence-corrected chi connectivity index (χ3v) is 4.13. The maximum atomic E-state index is 13.8. The summed E-state index contributed by atoms with van der Waals surface area (Å²) in [5.74, 6) is -1.62. The van der Waals surface area contributed by atoms with Crippen molar-refractivity contribution in [2.45, 2.75) is 25.9 Å². The average Bonchev–Trinajstić information content (AvgIpc) is 2.79. The molecule has 1 aromatic heterocycles. The largest absolute Gasteiger partial charge is 0.325 e. The van der Waals surface area contributed by atoms with Gasteiger partial charge < -0.3 is 0 Å². The Hall–Kier alpha value is -2.27. The van der Waals surface area contributed by atoms with Crippen LogP contribution < -0.4 is 9.67 Å². The Balaban J connectivity index is 2.18. The first-order valence-corrected chi connectivity index (χ1v) is 7.16. The van der Waals surface area contributed by atoms with Crippen LogP contribution in [0.3, 0.4) is 0 Å². The van der Waals surface area contributed by atoms with Crippen LogP contribution in [-0.4, -0.2) is 9.36 Å². The second-order valence-electron chi connectivity index (χ2n) is 4.61. The van der Waals surface area contributed by atoms with Gasteiger partial charge in [-0.05, 0) is 30.2 Å². The van der Waals surface area contributed by atoms with Gasteiger partial charge in [-0.15, -0.1) is 0 Å². The first kappa shape index (κ1) is 13.7. The van der Waals surface area contributed by atoms with Gasteiger partial charge in [0.25, 0.3) is 0 Å². The van der Waals surface area contributed by atoms with E-state index in [2.05, 4.69) is 4.99 Å². The van der Waals surface area contributed by atoms with Gasteiger partial charge in [0.15, 0.2) is 0 Å². The number of hydrogen-bond acceptors (Lipinski definition) is 4. The molecular formula is C13H10F2N4OS. The van der Waals surface area contributed by atoms with Gasteiger partial charge >= 0.3 is 4.87 Å². The van der Waals surface area contributed by atoms with E-state index in [4.69, 9.17) is 5.26 Å². The van der Waals surface area contributed by atoms with E-state index in [1.807, 2.05) is 0 Å². The molecule has 1 aliphatic heterocycles. The highest BCUT2D eigenvalue weighted by molar-refractivity contribution is 7.06. The fraction of sp³-hybridized carbons (Fsp3) is 0.308. The van der Waals surface area contributed by atoms with Crippen molar-refractivity contribution in [2.24, 2.45) is 4.99 Å². The van der Waals surface area contributed by atoms with Gasteiger partial charge in [-0.2, -0.15) is 5.26 Å². The summed E-state index contributed by atoms with van der Waals surface area (Å²) >= 11 is 0.899. The summed E-state index contributed by atoms with van der Waals surface area (Å²) in [6.45, 7) is 1.23. The lowest BCUT2D eigenvalue weighted by Gasteiger charge is -2.15. The zero-order valence-corrected chi connectivity index (χ0v) is 11.7. The van der Waals surface area contributed by atoms with E-state index in [1.54, 1.807) is 15.4 Å². The molecule has 0 spiro atoms. The molecule has 0 radical (unpaired) electrons. The summed E-state index contributed by atoms with van der Waals surface area (Å²) in [7, 11) is 0. The lowest BCUT2D eigenvalue weighted by molar-refractivity contribution is 0.345. The highest BCUT2D eigenvalue weighted by atomic mass is 32.1. The Morgan fingerprint density at radius 1 is 1.19 bits per heavy atom. The third-order valence-electron chi connectivity index (χ3n) is 3.26. The van der Waals surface area contributed by atoms with Gasteiger partial charge in [-0.3, -0.25) is 9.48 Å². The molecule has 8 heteroatoms. The van der Waals surface area contributed by atoms with E-state index in [9.17, 15) is 13.6 Å². The van der Waals surface area contributed by atoms with Crippen LogP contribution in [0, 0.1) is 23.0 Å². The van der Waals surface area contributed by atoms with Crippen molar-refractivity contribution in [1.82, 2.24) is 9.36 Å². The fourth-order valence-electron chi connectivity index (χ4n) is 2.23. The average molecular weight is 308 g/mol. The van der Waals surface area contributed by atoms with E-state index in [0.717, 1.165) is 36.3 Å². The highest BCUT2D eigenvalue weighted by Gasteiger charge is 2.14. The molecule has 0 amide bonds. The molecule has 0 N–H and O–H groups in total. The molecule has 0 bridgehead atoms. The zero-order valence-electron chi connectivity index (χ0n) is 10.8. The summed E-state index contributed by atoms with van der Waals surface area (Å²) in [6, 6.07) is 3.25. The molecule has 0 fully saturated rings. The summed E-state index contributed by atoms with van der Waals surface area (Å²) in [5.41, 5.74) is -0.583. The van der Waals surface area contributed by atoms with Crippen LogP contribution in [0.2, 0.25) is 0 Å². The first-order chi connectivity index (χ1) is 10.1. The smallest absolute Gasteiger partial charge is 0.256 e. The van der Waals surface area contributed by atoms with Gasteiger partial charge in [0.1, 0.15) is 23.4 Å².